The monoisotopic (exact) mass is 260 g/mol. The second-order valence-electron chi connectivity index (χ2n) is 4.46. The van der Waals surface area contributed by atoms with Crippen LogP contribution in [0.2, 0.25) is 0 Å². The molecule has 5 heteroatoms. The highest BCUT2D eigenvalue weighted by Crippen LogP contribution is 2.12. The molecule has 0 unspecified atom stereocenters. The molecule has 2 aromatic heterocycles. The molecule has 2 heterocycles. The van der Waals surface area contributed by atoms with Crippen molar-refractivity contribution in [2.75, 3.05) is 0 Å². The number of carbonyl (C=O) groups is 1. The van der Waals surface area contributed by atoms with Crippen molar-refractivity contribution in [1.29, 1.82) is 0 Å². The van der Waals surface area contributed by atoms with E-state index in [1.165, 1.54) is 0 Å². The van der Waals surface area contributed by atoms with Gasteiger partial charge in [0.05, 0.1) is 5.69 Å². The quantitative estimate of drug-likeness (QED) is 0.749. The number of rotatable bonds is 6. The number of ketones is 1. The number of aryl methyl sites for hydroxylation is 3. The van der Waals surface area contributed by atoms with E-state index in [2.05, 4.69) is 17.0 Å². The highest BCUT2D eigenvalue weighted by Gasteiger charge is 2.20. The summed E-state index contributed by atoms with van der Waals surface area (Å²) in [6.45, 7) is 7.60. The van der Waals surface area contributed by atoms with Crippen LogP contribution < -0.4 is 0 Å². The molecule has 2 aromatic rings. The number of hydrogen-bond donors (Lipinski definition) is 0. The van der Waals surface area contributed by atoms with Gasteiger partial charge in [0.15, 0.2) is 5.82 Å². The Hall–Kier alpha value is -1.91. The molecule has 0 aliphatic carbocycles. The molecule has 0 fully saturated rings. The first-order chi connectivity index (χ1) is 9.21. The predicted octanol–water partition coefficient (Wildman–Crippen LogP) is 2.30. The Morgan fingerprint density at radius 3 is 2.74 bits per heavy atom. The standard InChI is InChI=1S/C14H20N4O/c1-4-8-17-9-7-15-14(17)13(19)12-10-11(5-2)16-18(12)6-3/h7,9-10H,4-6,8H2,1-3H3. The van der Waals surface area contributed by atoms with Gasteiger partial charge in [0, 0.05) is 25.5 Å². The average molecular weight is 260 g/mol. The Morgan fingerprint density at radius 2 is 2.11 bits per heavy atom. The molecule has 0 spiro atoms. The summed E-state index contributed by atoms with van der Waals surface area (Å²) in [4.78, 5) is 16.8. The normalized spacial score (nSPS) is 10.9. The van der Waals surface area contributed by atoms with Gasteiger partial charge >= 0.3 is 0 Å². The van der Waals surface area contributed by atoms with Gasteiger partial charge in [-0.05, 0) is 25.8 Å². The maximum absolute atomic E-state index is 12.6. The molecule has 0 aromatic carbocycles. The summed E-state index contributed by atoms with van der Waals surface area (Å²) in [5.41, 5.74) is 1.57. The fourth-order valence-corrected chi connectivity index (χ4v) is 2.12. The summed E-state index contributed by atoms with van der Waals surface area (Å²) in [6, 6.07) is 1.87. The molecule has 0 bridgehead atoms. The van der Waals surface area contributed by atoms with Crippen molar-refractivity contribution in [1.82, 2.24) is 19.3 Å². The minimum Gasteiger partial charge on any atom is -0.328 e. The largest absolute Gasteiger partial charge is 0.328 e. The van der Waals surface area contributed by atoms with Crippen LogP contribution in [0.4, 0.5) is 0 Å². The molecule has 0 N–H and O–H groups in total. The van der Waals surface area contributed by atoms with E-state index in [-0.39, 0.29) is 5.78 Å². The second-order valence-corrected chi connectivity index (χ2v) is 4.46. The number of hydrogen-bond acceptors (Lipinski definition) is 3. The fraction of sp³-hybridized carbons (Fsp3) is 0.500. The van der Waals surface area contributed by atoms with Gasteiger partial charge in [-0.1, -0.05) is 13.8 Å². The van der Waals surface area contributed by atoms with Crippen LogP contribution in [0.15, 0.2) is 18.5 Å². The van der Waals surface area contributed by atoms with Crippen LogP contribution in [0.5, 0.6) is 0 Å². The second kappa shape index (κ2) is 5.82. The number of nitrogens with zero attached hydrogens (tertiary/aromatic N) is 4. The van der Waals surface area contributed by atoms with Crippen molar-refractivity contribution in [3.63, 3.8) is 0 Å². The minimum absolute atomic E-state index is 0.0486. The zero-order chi connectivity index (χ0) is 13.8. The molecule has 0 saturated heterocycles. The summed E-state index contributed by atoms with van der Waals surface area (Å²) in [7, 11) is 0. The van der Waals surface area contributed by atoms with Gasteiger partial charge in [-0.2, -0.15) is 5.10 Å². The molecular formula is C14H20N4O. The third kappa shape index (κ3) is 2.59. The van der Waals surface area contributed by atoms with E-state index in [9.17, 15) is 4.79 Å². The van der Waals surface area contributed by atoms with E-state index < -0.39 is 0 Å². The van der Waals surface area contributed by atoms with Crippen molar-refractivity contribution in [3.05, 3.63) is 35.7 Å². The van der Waals surface area contributed by atoms with Gasteiger partial charge in [-0.25, -0.2) is 4.98 Å². The topological polar surface area (TPSA) is 52.7 Å². The third-order valence-electron chi connectivity index (χ3n) is 3.11. The number of imidazole rings is 1. The first-order valence-electron chi connectivity index (χ1n) is 6.83. The molecule has 0 atom stereocenters. The van der Waals surface area contributed by atoms with E-state index >= 15 is 0 Å². The third-order valence-corrected chi connectivity index (χ3v) is 3.11. The Labute approximate surface area is 113 Å². The average Bonchev–Trinajstić information content (AvgIpc) is 3.04. The summed E-state index contributed by atoms with van der Waals surface area (Å²) >= 11 is 0. The zero-order valence-electron chi connectivity index (χ0n) is 11.8. The Balaban J connectivity index is 2.37. The molecule has 0 saturated carbocycles. The molecule has 0 radical (unpaired) electrons. The van der Waals surface area contributed by atoms with Crippen LogP contribution >= 0.6 is 0 Å². The van der Waals surface area contributed by atoms with Crippen molar-refractivity contribution in [2.45, 2.75) is 46.7 Å². The van der Waals surface area contributed by atoms with Crippen LogP contribution in [0, 0.1) is 0 Å². The van der Waals surface area contributed by atoms with E-state index in [0.29, 0.717) is 18.1 Å². The highest BCUT2D eigenvalue weighted by molar-refractivity contribution is 6.05. The fourth-order valence-electron chi connectivity index (χ4n) is 2.12. The lowest BCUT2D eigenvalue weighted by molar-refractivity contribution is 0.101. The van der Waals surface area contributed by atoms with E-state index in [0.717, 1.165) is 25.1 Å². The molecule has 0 aliphatic rings. The lowest BCUT2D eigenvalue weighted by Gasteiger charge is -2.06. The van der Waals surface area contributed by atoms with E-state index in [1.54, 1.807) is 10.9 Å². The first kappa shape index (κ1) is 13.5. The summed E-state index contributed by atoms with van der Waals surface area (Å²) < 4.78 is 3.66. The summed E-state index contributed by atoms with van der Waals surface area (Å²) in [5, 5.41) is 4.41. The highest BCUT2D eigenvalue weighted by atomic mass is 16.1. The van der Waals surface area contributed by atoms with Crippen molar-refractivity contribution >= 4 is 5.78 Å². The Bertz CT molecular complexity index is 568. The number of aromatic nitrogens is 4. The van der Waals surface area contributed by atoms with Crippen molar-refractivity contribution in [3.8, 4) is 0 Å². The summed E-state index contributed by atoms with van der Waals surface area (Å²) in [6.07, 6.45) is 5.33. The summed E-state index contributed by atoms with van der Waals surface area (Å²) in [5.74, 6) is 0.451. The zero-order valence-corrected chi connectivity index (χ0v) is 11.8. The van der Waals surface area contributed by atoms with E-state index in [4.69, 9.17) is 0 Å². The molecule has 0 amide bonds. The maximum atomic E-state index is 12.6. The van der Waals surface area contributed by atoms with Crippen molar-refractivity contribution in [2.24, 2.45) is 0 Å². The van der Waals surface area contributed by atoms with Gasteiger partial charge in [-0.3, -0.25) is 9.48 Å². The van der Waals surface area contributed by atoms with Crippen LogP contribution in [0.25, 0.3) is 0 Å². The lowest BCUT2D eigenvalue weighted by Crippen LogP contribution is -2.15. The molecule has 102 valence electrons. The minimum atomic E-state index is -0.0486. The van der Waals surface area contributed by atoms with Gasteiger partial charge < -0.3 is 4.57 Å². The van der Waals surface area contributed by atoms with Gasteiger partial charge in [0.1, 0.15) is 5.69 Å². The smallest absolute Gasteiger partial charge is 0.246 e. The molecule has 19 heavy (non-hydrogen) atoms. The van der Waals surface area contributed by atoms with Crippen LogP contribution in [-0.4, -0.2) is 25.1 Å². The van der Waals surface area contributed by atoms with Gasteiger partial charge in [-0.15, -0.1) is 0 Å². The molecule has 2 rings (SSSR count). The van der Waals surface area contributed by atoms with E-state index in [1.807, 2.05) is 30.7 Å². The molecular weight excluding hydrogens is 240 g/mol. The lowest BCUT2D eigenvalue weighted by atomic mass is 10.2. The Kier molecular flexibility index (Phi) is 4.14. The maximum Gasteiger partial charge on any atom is 0.246 e. The SMILES string of the molecule is CCCn1ccnc1C(=O)c1cc(CC)nn1CC. The van der Waals surface area contributed by atoms with Crippen LogP contribution in [0.3, 0.4) is 0 Å². The van der Waals surface area contributed by atoms with Crippen LogP contribution in [-0.2, 0) is 19.5 Å². The predicted molar refractivity (Wildman–Crippen MR) is 73.2 cm³/mol. The van der Waals surface area contributed by atoms with Crippen LogP contribution in [0.1, 0.15) is 49.2 Å². The van der Waals surface area contributed by atoms with Gasteiger partial charge in [0.2, 0.25) is 5.78 Å². The van der Waals surface area contributed by atoms with Crippen molar-refractivity contribution < 1.29 is 4.79 Å². The Morgan fingerprint density at radius 1 is 1.32 bits per heavy atom. The molecule has 0 aliphatic heterocycles. The first-order valence-corrected chi connectivity index (χ1v) is 6.83. The number of carbonyl (C=O) groups excluding carboxylic acids is 1. The molecule has 5 nitrogen and oxygen atoms in total. The van der Waals surface area contributed by atoms with Gasteiger partial charge in [0.25, 0.3) is 0 Å².